The van der Waals surface area contributed by atoms with E-state index in [-0.39, 0.29) is 11.5 Å². The molecule has 2 aromatic rings. The summed E-state index contributed by atoms with van der Waals surface area (Å²) in [5.74, 6) is 0.544. The van der Waals surface area contributed by atoms with Crippen molar-refractivity contribution in [1.29, 1.82) is 0 Å². The average Bonchev–Trinajstić information content (AvgIpc) is 2.93. The fourth-order valence-electron chi connectivity index (χ4n) is 3.26. The van der Waals surface area contributed by atoms with Gasteiger partial charge in [-0.3, -0.25) is 4.79 Å². The van der Waals surface area contributed by atoms with Crippen LogP contribution in [0.1, 0.15) is 48.6 Å². The third kappa shape index (κ3) is 4.13. The van der Waals surface area contributed by atoms with Gasteiger partial charge >= 0.3 is 0 Å². The van der Waals surface area contributed by atoms with Crippen LogP contribution < -0.4 is 9.54 Å². The number of benzene rings is 1. The predicted molar refractivity (Wildman–Crippen MR) is 108 cm³/mol. The van der Waals surface area contributed by atoms with E-state index >= 15 is 0 Å². The molecule has 1 amide bonds. The Morgan fingerprint density at radius 3 is 2.85 bits per heavy atom. The second-order valence-corrected chi connectivity index (χ2v) is 8.95. The molecule has 0 unspecified atom stereocenters. The number of halogens is 1. The molecule has 0 radical (unpaired) electrons. The summed E-state index contributed by atoms with van der Waals surface area (Å²) in [5.41, 5.74) is 1.21. The second-order valence-electron chi connectivity index (χ2n) is 7.54. The number of aromatic nitrogens is 1. The number of ether oxygens (including phenoxy) is 2. The number of thiazole rings is 1. The van der Waals surface area contributed by atoms with Gasteiger partial charge in [-0.05, 0) is 38.0 Å². The minimum Gasteiger partial charge on any atom is -0.496 e. The summed E-state index contributed by atoms with van der Waals surface area (Å²) in [6.45, 7) is 9.92. The quantitative estimate of drug-likeness (QED) is 0.752. The number of fused-ring (bicyclic) bond motifs is 1. The zero-order valence-corrected chi connectivity index (χ0v) is 17.9. The van der Waals surface area contributed by atoms with E-state index in [1.54, 1.807) is 18.2 Å². The molecule has 0 saturated heterocycles. The molecule has 3 rings (SSSR count). The van der Waals surface area contributed by atoms with E-state index in [9.17, 15) is 4.79 Å². The molecule has 0 atom stereocenters. The topological polar surface area (TPSA) is 52.8 Å². The number of methoxy groups -OCH3 is 1. The molecular weight excluding hydrogens is 384 g/mol. The van der Waals surface area contributed by atoms with Gasteiger partial charge in [0, 0.05) is 23.7 Å². The van der Waals surface area contributed by atoms with Crippen molar-refractivity contribution in [3.05, 3.63) is 44.2 Å². The highest BCUT2D eigenvalue weighted by atomic mass is 35.5. The van der Waals surface area contributed by atoms with Crippen molar-refractivity contribution in [2.24, 2.45) is 10.9 Å². The van der Waals surface area contributed by atoms with Crippen molar-refractivity contribution in [1.82, 2.24) is 4.57 Å². The summed E-state index contributed by atoms with van der Waals surface area (Å²) in [6, 6.07) is 4.98. The monoisotopic (exact) mass is 408 g/mol. The van der Waals surface area contributed by atoms with Crippen LogP contribution in [-0.2, 0) is 23.3 Å². The van der Waals surface area contributed by atoms with Gasteiger partial charge in [-0.25, -0.2) is 0 Å². The first-order valence-electron chi connectivity index (χ1n) is 9.02. The molecule has 1 aliphatic rings. The van der Waals surface area contributed by atoms with Gasteiger partial charge < -0.3 is 14.0 Å². The SMILES string of the molecule is COc1ccc(Cl)cc1C(=O)N=c1sc2c(n1CC(C)C)CCOC2(C)C. The van der Waals surface area contributed by atoms with E-state index in [0.717, 1.165) is 17.8 Å². The minimum absolute atomic E-state index is 0.357. The van der Waals surface area contributed by atoms with Gasteiger partial charge in [-0.2, -0.15) is 4.99 Å². The molecule has 0 saturated carbocycles. The molecule has 27 heavy (non-hydrogen) atoms. The lowest BCUT2D eigenvalue weighted by Gasteiger charge is -2.30. The largest absolute Gasteiger partial charge is 0.496 e. The van der Waals surface area contributed by atoms with E-state index < -0.39 is 0 Å². The van der Waals surface area contributed by atoms with Crippen molar-refractivity contribution >= 4 is 28.8 Å². The highest BCUT2D eigenvalue weighted by Gasteiger charge is 2.33. The number of nitrogens with zero attached hydrogens (tertiary/aromatic N) is 2. The zero-order valence-electron chi connectivity index (χ0n) is 16.3. The molecule has 7 heteroatoms. The number of rotatable bonds is 4. The number of hydrogen-bond donors (Lipinski definition) is 0. The van der Waals surface area contributed by atoms with Gasteiger partial charge in [0.05, 0.1) is 29.8 Å². The second kappa shape index (κ2) is 7.78. The molecule has 0 spiro atoms. The first kappa shape index (κ1) is 20.1. The zero-order chi connectivity index (χ0) is 19.8. The molecule has 2 heterocycles. The summed E-state index contributed by atoms with van der Waals surface area (Å²) in [6.07, 6.45) is 0.826. The van der Waals surface area contributed by atoms with Gasteiger partial charge in [0.25, 0.3) is 5.91 Å². The molecule has 0 aliphatic carbocycles. The van der Waals surface area contributed by atoms with E-state index in [1.165, 1.54) is 24.1 Å². The number of hydrogen-bond acceptors (Lipinski definition) is 4. The van der Waals surface area contributed by atoms with Gasteiger partial charge in [-0.15, -0.1) is 0 Å². The third-order valence-electron chi connectivity index (χ3n) is 4.50. The number of amides is 1. The van der Waals surface area contributed by atoms with Crippen molar-refractivity contribution in [2.45, 2.75) is 46.3 Å². The Morgan fingerprint density at radius 1 is 1.44 bits per heavy atom. The maximum absolute atomic E-state index is 12.9. The highest BCUT2D eigenvalue weighted by Crippen LogP contribution is 2.35. The summed E-state index contributed by atoms with van der Waals surface area (Å²) in [7, 11) is 1.53. The van der Waals surface area contributed by atoms with Crippen LogP contribution in [0, 0.1) is 5.92 Å². The van der Waals surface area contributed by atoms with Crippen LogP contribution in [-0.4, -0.2) is 24.2 Å². The first-order chi connectivity index (χ1) is 12.7. The Kier molecular flexibility index (Phi) is 5.79. The molecule has 0 N–H and O–H groups in total. The predicted octanol–water partition coefficient (Wildman–Crippen LogP) is 4.42. The Balaban J connectivity index is 2.15. The number of carbonyl (C=O) groups is 1. The van der Waals surface area contributed by atoms with Crippen LogP contribution in [0.4, 0.5) is 0 Å². The molecule has 146 valence electrons. The summed E-state index contributed by atoms with van der Waals surface area (Å²) in [4.78, 5) is 19.2. The first-order valence-corrected chi connectivity index (χ1v) is 10.2. The highest BCUT2D eigenvalue weighted by molar-refractivity contribution is 7.09. The van der Waals surface area contributed by atoms with E-state index in [4.69, 9.17) is 21.1 Å². The van der Waals surface area contributed by atoms with Crippen LogP contribution in [0.2, 0.25) is 5.02 Å². The molecule has 5 nitrogen and oxygen atoms in total. The smallest absolute Gasteiger partial charge is 0.283 e. The van der Waals surface area contributed by atoms with Gasteiger partial charge in [-0.1, -0.05) is 36.8 Å². The van der Waals surface area contributed by atoms with Gasteiger partial charge in [0.2, 0.25) is 0 Å². The lowest BCUT2D eigenvalue weighted by atomic mass is 10.0. The fraction of sp³-hybridized carbons (Fsp3) is 0.500. The maximum atomic E-state index is 12.9. The Hall–Kier alpha value is -1.63. The molecule has 1 aliphatic heterocycles. The standard InChI is InChI=1S/C20H25ClN2O3S/c1-12(2)11-23-15-8-9-26-20(3,4)17(15)27-19(23)22-18(24)14-10-13(21)6-7-16(14)25-5/h6-7,10,12H,8-9,11H2,1-5H3. The van der Waals surface area contributed by atoms with Gasteiger partial charge in [0.15, 0.2) is 4.80 Å². The molecule has 1 aromatic carbocycles. The van der Waals surface area contributed by atoms with E-state index in [1.807, 2.05) is 0 Å². The van der Waals surface area contributed by atoms with Crippen LogP contribution in [0.25, 0.3) is 0 Å². The minimum atomic E-state index is -0.373. The normalized spacial score (nSPS) is 16.5. The Labute approximate surface area is 168 Å². The van der Waals surface area contributed by atoms with Crippen LogP contribution in [0.3, 0.4) is 0 Å². The summed E-state index contributed by atoms with van der Waals surface area (Å²) < 4.78 is 13.4. The lowest BCUT2D eigenvalue weighted by Crippen LogP contribution is -2.30. The molecule has 0 fully saturated rings. The van der Waals surface area contributed by atoms with Crippen LogP contribution in [0.15, 0.2) is 23.2 Å². The third-order valence-corrected chi connectivity index (χ3v) is 6.16. The Bertz CT molecular complexity index is 928. The van der Waals surface area contributed by atoms with Crippen LogP contribution >= 0.6 is 22.9 Å². The Morgan fingerprint density at radius 2 is 2.19 bits per heavy atom. The van der Waals surface area contributed by atoms with Gasteiger partial charge in [0.1, 0.15) is 5.75 Å². The fourth-order valence-corrected chi connectivity index (χ4v) is 4.67. The maximum Gasteiger partial charge on any atom is 0.283 e. The average molecular weight is 409 g/mol. The summed E-state index contributed by atoms with van der Waals surface area (Å²) in [5, 5.41) is 0.476. The van der Waals surface area contributed by atoms with E-state index in [0.29, 0.717) is 33.7 Å². The van der Waals surface area contributed by atoms with Crippen molar-refractivity contribution in [3.63, 3.8) is 0 Å². The number of carbonyl (C=O) groups excluding carboxylic acids is 1. The molecular formula is C20H25ClN2O3S. The van der Waals surface area contributed by atoms with Crippen molar-refractivity contribution < 1.29 is 14.3 Å². The van der Waals surface area contributed by atoms with Crippen molar-refractivity contribution in [2.75, 3.05) is 13.7 Å². The van der Waals surface area contributed by atoms with Crippen LogP contribution in [0.5, 0.6) is 5.75 Å². The lowest BCUT2D eigenvalue weighted by molar-refractivity contribution is -0.0299. The molecule has 1 aromatic heterocycles. The van der Waals surface area contributed by atoms with Crippen molar-refractivity contribution in [3.8, 4) is 5.75 Å². The summed E-state index contributed by atoms with van der Waals surface area (Å²) >= 11 is 7.60. The van der Waals surface area contributed by atoms with E-state index in [2.05, 4.69) is 37.3 Å². The molecule has 0 bridgehead atoms.